The minimum Gasteiger partial charge on any atom is -0.481 e. The van der Waals surface area contributed by atoms with E-state index in [9.17, 15) is 9.59 Å². The first-order valence-corrected chi connectivity index (χ1v) is 3.56. The van der Waals surface area contributed by atoms with E-state index < -0.39 is 18.4 Å². The molecule has 68 valence electrons. The average molecular weight is 174 g/mol. The van der Waals surface area contributed by atoms with E-state index in [1.807, 2.05) is 0 Å². The number of aliphatic carboxylic acids is 1. The number of rotatable bonds is 3. The molecule has 1 saturated heterocycles. The van der Waals surface area contributed by atoms with E-state index in [4.69, 9.17) is 10.2 Å². The molecule has 1 unspecified atom stereocenters. The average Bonchev–Trinajstić information content (AvgIpc) is 2.26. The van der Waals surface area contributed by atoms with Crippen LogP contribution in [0.15, 0.2) is 0 Å². The lowest BCUT2D eigenvalue weighted by molar-refractivity contribution is -0.137. The van der Waals surface area contributed by atoms with E-state index in [0.29, 0.717) is 0 Å². The van der Waals surface area contributed by atoms with Crippen molar-refractivity contribution >= 4 is 11.9 Å². The van der Waals surface area contributed by atoms with Gasteiger partial charge < -0.3 is 15.5 Å². The van der Waals surface area contributed by atoms with Gasteiger partial charge in [0.1, 0.15) is 0 Å². The van der Waals surface area contributed by atoms with Gasteiger partial charge in [-0.3, -0.25) is 14.9 Å². The highest BCUT2D eigenvalue weighted by atomic mass is 16.4. The molecule has 2 atom stereocenters. The molecule has 1 rings (SSSR count). The maximum atomic E-state index is 10.9. The highest BCUT2D eigenvalue weighted by molar-refractivity contribution is 5.84. The highest BCUT2D eigenvalue weighted by Crippen LogP contribution is 2.03. The molecule has 12 heavy (non-hydrogen) atoms. The summed E-state index contributed by atoms with van der Waals surface area (Å²) in [7, 11) is 0. The second kappa shape index (κ2) is 3.51. The molecule has 0 saturated carbocycles. The summed E-state index contributed by atoms with van der Waals surface area (Å²) in [6.07, 6.45) is -0.938. The summed E-state index contributed by atoms with van der Waals surface area (Å²) in [6.45, 7) is 0. The van der Waals surface area contributed by atoms with Crippen molar-refractivity contribution in [2.24, 2.45) is 0 Å². The Bertz CT molecular complexity index is 206. The standard InChI is InChI=1S/C6H10N2O4/c9-4(10)2-1-3-5(11)8-6(12)7-3/h3,6-7,12H,1-2H2,(H,8,11)(H,9,10)/t3-,6?/m1/s1. The van der Waals surface area contributed by atoms with E-state index in [2.05, 4.69) is 10.6 Å². The Labute approximate surface area is 68.6 Å². The molecule has 1 fully saturated rings. The molecule has 1 aliphatic rings. The summed E-state index contributed by atoms with van der Waals surface area (Å²) in [5.74, 6) is -1.31. The number of carbonyl (C=O) groups is 2. The number of hydrogen-bond donors (Lipinski definition) is 4. The van der Waals surface area contributed by atoms with Gasteiger partial charge in [0.05, 0.1) is 6.04 Å². The Kier molecular flexibility index (Phi) is 2.61. The maximum absolute atomic E-state index is 10.9. The summed E-state index contributed by atoms with van der Waals surface area (Å²) < 4.78 is 0. The molecule has 1 aliphatic heterocycles. The molecular weight excluding hydrogens is 164 g/mol. The van der Waals surface area contributed by atoms with Gasteiger partial charge in [0, 0.05) is 6.42 Å². The van der Waals surface area contributed by atoms with E-state index >= 15 is 0 Å². The second-order valence-electron chi connectivity index (χ2n) is 2.56. The third-order valence-electron chi connectivity index (χ3n) is 1.60. The zero-order valence-corrected chi connectivity index (χ0v) is 6.28. The molecule has 6 heteroatoms. The van der Waals surface area contributed by atoms with Crippen molar-refractivity contribution in [3.05, 3.63) is 0 Å². The van der Waals surface area contributed by atoms with E-state index in [1.54, 1.807) is 0 Å². The Morgan fingerprint density at radius 2 is 2.25 bits per heavy atom. The molecule has 0 aromatic rings. The fraction of sp³-hybridized carbons (Fsp3) is 0.667. The Hall–Kier alpha value is -1.14. The first-order chi connectivity index (χ1) is 5.59. The lowest BCUT2D eigenvalue weighted by Crippen LogP contribution is -2.33. The minimum atomic E-state index is -1.05. The number of hydrogen-bond acceptors (Lipinski definition) is 4. The fourth-order valence-electron chi connectivity index (χ4n) is 1.03. The molecule has 1 heterocycles. The van der Waals surface area contributed by atoms with Crippen molar-refractivity contribution in [1.82, 2.24) is 10.6 Å². The normalized spacial score (nSPS) is 28.6. The Balaban J connectivity index is 2.33. The summed E-state index contributed by atoms with van der Waals surface area (Å²) in [4.78, 5) is 21.0. The molecule has 1 amide bonds. The van der Waals surface area contributed by atoms with Gasteiger partial charge in [-0.05, 0) is 6.42 Å². The summed E-state index contributed by atoms with van der Waals surface area (Å²) >= 11 is 0. The number of nitrogens with one attached hydrogen (secondary N) is 2. The predicted molar refractivity (Wildman–Crippen MR) is 37.9 cm³/mol. The van der Waals surface area contributed by atoms with Crippen molar-refractivity contribution in [3.8, 4) is 0 Å². The first kappa shape index (κ1) is 8.95. The van der Waals surface area contributed by atoms with Gasteiger partial charge in [0.25, 0.3) is 0 Å². The van der Waals surface area contributed by atoms with Crippen LogP contribution in [-0.2, 0) is 9.59 Å². The van der Waals surface area contributed by atoms with Gasteiger partial charge in [-0.15, -0.1) is 0 Å². The van der Waals surface area contributed by atoms with Crippen LogP contribution in [0.4, 0.5) is 0 Å². The van der Waals surface area contributed by atoms with Gasteiger partial charge in [0.2, 0.25) is 5.91 Å². The van der Waals surface area contributed by atoms with Crippen LogP contribution in [0.2, 0.25) is 0 Å². The largest absolute Gasteiger partial charge is 0.481 e. The summed E-state index contributed by atoms with van der Waals surface area (Å²) in [6, 6.07) is -0.587. The zero-order valence-electron chi connectivity index (χ0n) is 6.28. The van der Waals surface area contributed by atoms with Crippen LogP contribution >= 0.6 is 0 Å². The molecular formula is C6H10N2O4. The number of carbonyl (C=O) groups excluding carboxylic acids is 1. The van der Waals surface area contributed by atoms with Crippen LogP contribution in [0.5, 0.6) is 0 Å². The smallest absolute Gasteiger partial charge is 0.303 e. The molecule has 4 N–H and O–H groups in total. The van der Waals surface area contributed by atoms with Crippen molar-refractivity contribution in [2.45, 2.75) is 25.2 Å². The van der Waals surface area contributed by atoms with Gasteiger partial charge in [0.15, 0.2) is 6.35 Å². The summed E-state index contributed by atoms with van der Waals surface area (Å²) in [5, 5.41) is 21.8. The van der Waals surface area contributed by atoms with Crippen molar-refractivity contribution in [3.63, 3.8) is 0 Å². The highest BCUT2D eigenvalue weighted by Gasteiger charge is 2.29. The number of amides is 1. The maximum Gasteiger partial charge on any atom is 0.303 e. The topological polar surface area (TPSA) is 98.7 Å². The van der Waals surface area contributed by atoms with Crippen LogP contribution in [0.25, 0.3) is 0 Å². The van der Waals surface area contributed by atoms with E-state index in [1.165, 1.54) is 0 Å². The van der Waals surface area contributed by atoms with Gasteiger partial charge in [-0.2, -0.15) is 0 Å². The number of carboxylic acid groups (broad SMARTS) is 1. The van der Waals surface area contributed by atoms with Crippen LogP contribution < -0.4 is 10.6 Å². The molecule has 0 bridgehead atoms. The molecule has 0 aliphatic carbocycles. The van der Waals surface area contributed by atoms with Crippen LogP contribution in [0.3, 0.4) is 0 Å². The van der Waals surface area contributed by atoms with E-state index in [0.717, 1.165) is 0 Å². The Morgan fingerprint density at radius 1 is 1.58 bits per heavy atom. The van der Waals surface area contributed by atoms with Crippen LogP contribution in [0.1, 0.15) is 12.8 Å². The van der Waals surface area contributed by atoms with E-state index in [-0.39, 0.29) is 18.7 Å². The number of aliphatic hydroxyl groups is 1. The molecule has 0 spiro atoms. The monoisotopic (exact) mass is 174 g/mol. The number of carboxylic acids is 1. The van der Waals surface area contributed by atoms with Crippen molar-refractivity contribution < 1.29 is 19.8 Å². The molecule has 0 radical (unpaired) electrons. The third-order valence-corrected chi connectivity index (χ3v) is 1.60. The number of aliphatic hydroxyl groups excluding tert-OH is 1. The van der Waals surface area contributed by atoms with Crippen molar-refractivity contribution in [1.29, 1.82) is 0 Å². The van der Waals surface area contributed by atoms with Gasteiger partial charge >= 0.3 is 5.97 Å². The fourth-order valence-corrected chi connectivity index (χ4v) is 1.03. The van der Waals surface area contributed by atoms with Gasteiger partial charge in [-0.25, -0.2) is 0 Å². The lowest BCUT2D eigenvalue weighted by atomic mass is 10.1. The minimum absolute atomic E-state index is 0.0855. The zero-order chi connectivity index (χ0) is 9.14. The quantitative estimate of drug-likeness (QED) is 0.405. The Morgan fingerprint density at radius 3 is 2.67 bits per heavy atom. The van der Waals surface area contributed by atoms with Crippen molar-refractivity contribution in [2.75, 3.05) is 0 Å². The SMILES string of the molecule is O=C(O)CC[C@H]1NC(O)NC1=O. The second-order valence-corrected chi connectivity index (χ2v) is 2.56. The molecule has 6 nitrogen and oxygen atoms in total. The van der Waals surface area contributed by atoms with Crippen LogP contribution in [-0.4, -0.2) is 34.5 Å². The van der Waals surface area contributed by atoms with Gasteiger partial charge in [-0.1, -0.05) is 0 Å². The molecule has 0 aromatic carbocycles. The predicted octanol–water partition coefficient (Wildman–Crippen LogP) is -1.78. The summed E-state index contributed by atoms with van der Waals surface area (Å²) in [5.41, 5.74) is 0. The first-order valence-electron chi connectivity index (χ1n) is 3.56. The van der Waals surface area contributed by atoms with Crippen LogP contribution in [0, 0.1) is 0 Å². The third kappa shape index (κ3) is 2.18. The lowest BCUT2D eigenvalue weighted by Gasteiger charge is -2.04. The molecule has 0 aromatic heterocycles.